The van der Waals surface area contributed by atoms with Crippen LogP contribution >= 0.6 is 11.3 Å². The number of hydrogen-bond acceptors (Lipinski definition) is 8. The average Bonchev–Trinajstić information content (AvgIpc) is 3.59. The van der Waals surface area contributed by atoms with Gasteiger partial charge in [-0.15, -0.1) is 11.3 Å². The predicted octanol–water partition coefficient (Wildman–Crippen LogP) is 3.56. The summed E-state index contributed by atoms with van der Waals surface area (Å²) in [6, 6.07) is 9.97. The third-order valence-corrected chi connectivity index (χ3v) is 9.41. The van der Waals surface area contributed by atoms with E-state index in [1.54, 1.807) is 58.5 Å². The number of benzene rings is 1. The summed E-state index contributed by atoms with van der Waals surface area (Å²) in [6.45, 7) is 2.96. The number of carbonyl (C=O) groups is 2. The van der Waals surface area contributed by atoms with Gasteiger partial charge in [0, 0.05) is 42.8 Å². The summed E-state index contributed by atoms with van der Waals surface area (Å²) < 4.78 is 34.2. The van der Waals surface area contributed by atoms with Crippen LogP contribution in [0.5, 0.6) is 11.5 Å². The van der Waals surface area contributed by atoms with E-state index in [1.165, 1.54) is 11.3 Å². The maximum atomic E-state index is 13.4. The number of ether oxygens (including phenoxy) is 1. The van der Waals surface area contributed by atoms with Crippen LogP contribution in [-0.2, 0) is 14.8 Å². The first kappa shape index (κ1) is 26.7. The fraction of sp³-hybridized carbons (Fsp3) is 0.360. The molecule has 2 fully saturated rings. The standard InChI is InChI=1S/C24H26N4O4S2.CH2O2/c1-17-27-22(14-33-17)23(29)26-15-24-10-2-3-18(24)13-28(16-24)34(30,31)21-6-4-19(5-7-21)32-20-8-11-25-12-9-20;2-1-3/h4-9,11-12,14,18H,2-3,10,13,15-16H2,1H3,(H,26,29);1H,(H,2,3)/t18-,24+;/m0./s1. The Kier molecular flexibility index (Phi) is 8.20. The smallest absolute Gasteiger partial charge is 0.290 e. The second kappa shape index (κ2) is 11.4. The van der Waals surface area contributed by atoms with Crippen molar-refractivity contribution in [1.29, 1.82) is 0 Å². The quantitative estimate of drug-likeness (QED) is 0.431. The summed E-state index contributed by atoms with van der Waals surface area (Å²) in [5, 5.41) is 12.5. The van der Waals surface area contributed by atoms with Crippen molar-refractivity contribution < 1.29 is 27.9 Å². The van der Waals surface area contributed by atoms with Crippen LogP contribution in [0.3, 0.4) is 0 Å². The number of nitrogens with one attached hydrogen (secondary N) is 1. The van der Waals surface area contributed by atoms with Crippen LogP contribution in [0.2, 0.25) is 0 Å². The number of rotatable bonds is 7. The normalized spacial score (nSPS) is 20.9. The third-order valence-electron chi connectivity index (χ3n) is 6.81. The number of hydrogen-bond donors (Lipinski definition) is 2. The summed E-state index contributed by atoms with van der Waals surface area (Å²) in [7, 11) is -3.65. The van der Waals surface area contributed by atoms with E-state index in [9.17, 15) is 13.2 Å². The van der Waals surface area contributed by atoms with Crippen LogP contribution in [0.4, 0.5) is 0 Å². The molecule has 1 aliphatic carbocycles. The zero-order chi connectivity index (χ0) is 26.5. The SMILES string of the molecule is Cc1nc(C(=O)NC[C@@]23CCC[C@H]2CN(S(=O)(=O)c2ccc(Oc4ccncc4)cc2)C3)cs1.O=CO. The van der Waals surface area contributed by atoms with Gasteiger partial charge in [0.1, 0.15) is 17.2 Å². The number of fused-ring (bicyclic) bond motifs is 1. The van der Waals surface area contributed by atoms with Crippen LogP contribution < -0.4 is 10.1 Å². The second-order valence-electron chi connectivity index (χ2n) is 9.05. The topological polar surface area (TPSA) is 139 Å². The number of amides is 1. The molecule has 0 radical (unpaired) electrons. The Morgan fingerprint density at radius 1 is 1.24 bits per heavy atom. The van der Waals surface area contributed by atoms with Gasteiger partial charge in [0.2, 0.25) is 10.0 Å². The summed E-state index contributed by atoms with van der Waals surface area (Å²) in [5.41, 5.74) is 0.183. The fourth-order valence-electron chi connectivity index (χ4n) is 5.02. The molecule has 1 amide bonds. The summed E-state index contributed by atoms with van der Waals surface area (Å²) >= 11 is 1.44. The van der Waals surface area contributed by atoms with Crippen molar-refractivity contribution in [2.45, 2.75) is 31.1 Å². The van der Waals surface area contributed by atoms with Gasteiger partial charge in [-0.1, -0.05) is 6.42 Å². The lowest BCUT2D eigenvalue weighted by Gasteiger charge is -2.29. The number of aryl methyl sites for hydroxylation is 1. The van der Waals surface area contributed by atoms with Crippen molar-refractivity contribution in [2.24, 2.45) is 11.3 Å². The van der Waals surface area contributed by atoms with Gasteiger partial charge in [-0.2, -0.15) is 4.31 Å². The van der Waals surface area contributed by atoms with Gasteiger partial charge in [0.05, 0.1) is 9.90 Å². The Balaban J connectivity index is 0.00000102. The molecular weight excluding hydrogens is 516 g/mol. The van der Waals surface area contributed by atoms with Crippen LogP contribution in [0.1, 0.15) is 34.8 Å². The van der Waals surface area contributed by atoms with Gasteiger partial charge >= 0.3 is 0 Å². The van der Waals surface area contributed by atoms with E-state index >= 15 is 0 Å². The Morgan fingerprint density at radius 3 is 2.57 bits per heavy atom. The average molecular weight is 545 g/mol. The van der Waals surface area contributed by atoms with Crippen molar-refractivity contribution >= 4 is 33.7 Å². The molecule has 3 aromatic rings. The van der Waals surface area contributed by atoms with E-state index in [1.807, 2.05) is 6.92 Å². The maximum absolute atomic E-state index is 13.4. The van der Waals surface area contributed by atoms with Crippen LogP contribution in [0.15, 0.2) is 59.1 Å². The van der Waals surface area contributed by atoms with E-state index in [0.717, 1.165) is 24.3 Å². The van der Waals surface area contributed by atoms with Gasteiger partial charge in [0.25, 0.3) is 12.4 Å². The van der Waals surface area contributed by atoms with Crippen LogP contribution in [0, 0.1) is 18.3 Å². The molecule has 0 bridgehead atoms. The highest BCUT2D eigenvalue weighted by atomic mass is 32.2. The zero-order valence-corrected chi connectivity index (χ0v) is 21.9. The number of carboxylic acid groups (broad SMARTS) is 1. The van der Waals surface area contributed by atoms with Gasteiger partial charge in [-0.05, 0) is 62.1 Å². The largest absolute Gasteiger partial charge is 0.483 e. The maximum Gasteiger partial charge on any atom is 0.290 e. The monoisotopic (exact) mass is 544 g/mol. The van der Waals surface area contributed by atoms with Crippen molar-refractivity contribution in [3.63, 3.8) is 0 Å². The van der Waals surface area contributed by atoms with E-state index in [4.69, 9.17) is 14.6 Å². The number of carbonyl (C=O) groups excluding carboxylic acids is 1. The van der Waals surface area contributed by atoms with E-state index in [-0.39, 0.29) is 28.6 Å². The highest BCUT2D eigenvalue weighted by molar-refractivity contribution is 7.89. The zero-order valence-electron chi connectivity index (χ0n) is 20.2. The van der Waals surface area contributed by atoms with Crippen LogP contribution in [0.25, 0.3) is 0 Å². The number of pyridine rings is 1. The molecule has 2 aromatic heterocycles. The van der Waals surface area contributed by atoms with Crippen molar-refractivity contribution in [1.82, 2.24) is 19.6 Å². The third kappa shape index (κ3) is 5.97. The van der Waals surface area contributed by atoms with Crippen molar-refractivity contribution in [3.05, 3.63) is 64.9 Å². The predicted molar refractivity (Wildman–Crippen MR) is 137 cm³/mol. The Bertz CT molecular complexity index is 1330. The molecule has 1 aromatic carbocycles. The second-order valence-corrected chi connectivity index (χ2v) is 12.0. The lowest BCUT2D eigenvalue weighted by Crippen LogP contribution is -2.41. The summed E-state index contributed by atoms with van der Waals surface area (Å²) in [6.07, 6.45) is 6.18. The fourth-order valence-corrected chi connectivity index (χ4v) is 7.20. The minimum Gasteiger partial charge on any atom is -0.483 e. The lowest BCUT2D eigenvalue weighted by atomic mass is 9.80. The Labute approximate surface area is 219 Å². The van der Waals surface area contributed by atoms with Gasteiger partial charge in [-0.25, -0.2) is 13.4 Å². The molecule has 0 unspecified atom stereocenters. The van der Waals surface area contributed by atoms with Crippen LogP contribution in [-0.4, -0.2) is 59.8 Å². The van der Waals surface area contributed by atoms with E-state index < -0.39 is 10.0 Å². The molecular formula is C25H28N4O6S2. The molecule has 2 aliphatic rings. The van der Waals surface area contributed by atoms with Gasteiger partial charge in [-0.3, -0.25) is 14.6 Å². The molecule has 37 heavy (non-hydrogen) atoms. The molecule has 2 N–H and O–H groups in total. The minimum atomic E-state index is -3.65. The first-order chi connectivity index (χ1) is 17.8. The molecule has 1 saturated carbocycles. The Hall–Kier alpha value is -3.35. The minimum absolute atomic E-state index is 0.199. The molecule has 1 saturated heterocycles. The van der Waals surface area contributed by atoms with E-state index in [2.05, 4.69) is 15.3 Å². The van der Waals surface area contributed by atoms with Gasteiger partial charge < -0.3 is 15.2 Å². The van der Waals surface area contributed by atoms with Gasteiger partial charge in [0.15, 0.2) is 0 Å². The Morgan fingerprint density at radius 2 is 1.92 bits per heavy atom. The molecule has 0 spiro atoms. The highest BCUT2D eigenvalue weighted by Gasteiger charge is 2.52. The number of sulfonamides is 1. The van der Waals surface area contributed by atoms with E-state index in [0.29, 0.717) is 36.8 Å². The van der Waals surface area contributed by atoms with Crippen molar-refractivity contribution in [3.8, 4) is 11.5 Å². The summed E-state index contributed by atoms with van der Waals surface area (Å²) in [4.78, 5) is 29.4. The molecule has 196 valence electrons. The number of aromatic nitrogens is 2. The highest BCUT2D eigenvalue weighted by Crippen LogP contribution is 2.49. The molecule has 2 atom stereocenters. The first-order valence-electron chi connectivity index (χ1n) is 11.7. The molecule has 5 rings (SSSR count). The molecule has 10 nitrogen and oxygen atoms in total. The summed E-state index contributed by atoms with van der Waals surface area (Å²) in [5.74, 6) is 1.22. The lowest BCUT2D eigenvalue weighted by molar-refractivity contribution is -0.122. The molecule has 3 heterocycles. The van der Waals surface area contributed by atoms with Crippen molar-refractivity contribution in [2.75, 3.05) is 19.6 Å². The first-order valence-corrected chi connectivity index (χ1v) is 14.1. The molecule has 12 heteroatoms. The number of nitrogens with zero attached hydrogens (tertiary/aromatic N) is 3. The molecule has 1 aliphatic heterocycles. The number of thiazole rings is 1.